The second-order valence-corrected chi connectivity index (χ2v) is 2.76. The van der Waals surface area contributed by atoms with Crippen molar-refractivity contribution < 1.29 is 14.4 Å². The first-order chi connectivity index (χ1) is 7.33. The van der Waals surface area contributed by atoms with E-state index in [1.54, 1.807) is 6.08 Å². The van der Waals surface area contributed by atoms with Crippen LogP contribution in [-0.4, -0.2) is 19.8 Å². The van der Waals surface area contributed by atoms with Gasteiger partial charge in [0.15, 0.2) is 6.79 Å². The first-order valence-electron chi connectivity index (χ1n) is 4.47. The first-order valence-corrected chi connectivity index (χ1v) is 4.47. The van der Waals surface area contributed by atoms with Crippen LogP contribution < -0.4 is 5.48 Å². The maximum absolute atomic E-state index is 11.1. The lowest BCUT2D eigenvalue weighted by Crippen LogP contribution is -2.22. The fourth-order valence-corrected chi connectivity index (χ4v) is 0.930. The Kier molecular flexibility index (Phi) is 5.14. The summed E-state index contributed by atoms with van der Waals surface area (Å²) in [5, 5.41) is 0. The van der Waals surface area contributed by atoms with Crippen LogP contribution in [0.3, 0.4) is 0 Å². The lowest BCUT2D eigenvalue weighted by molar-refractivity contribution is -0.139. The van der Waals surface area contributed by atoms with Crippen molar-refractivity contribution in [1.29, 1.82) is 0 Å². The highest BCUT2D eigenvalue weighted by molar-refractivity contribution is 5.90. The molecule has 0 radical (unpaired) electrons. The number of methoxy groups -OCH3 is 1. The van der Waals surface area contributed by atoms with E-state index in [1.807, 2.05) is 30.3 Å². The average molecular weight is 207 g/mol. The SMILES string of the molecule is COCONC(=O)/C=C/c1ccccc1. The summed E-state index contributed by atoms with van der Waals surface area (Å²) in [7, 11) is 1.48. The third-order valence-corrected chi connectivity index (χ3v) is 1.58. The van der Waals surface area contributed by atoms with E-state index in [1.165, 1.54) is 13.2 Å². The third kappa shape index (κ3) is 4.95. The molecule has 15 heavy (non-hydrogen) atoms. The summed E-state index contributed by atoms with van der Waals surface area (Å²) >= 11 is 0. The number of ether oxygens (including phenoxy) is 1. The Bertz CT molecular complexity index is 322. The van der Waals surface area contributed by atoms with Crippen molar-refractivity contribution >= 4 is 12.0 Å². The molecule has 0 aromatic heterocycles. The Morgan fingerprint density at radius 3 is 2.80 bits per heavy atom. The smallest absolute Gasteiger partial charge is 0.267 e. The quantitative estimate of drug-likeness (QED) is 0.343. The van der Waals surface area contributed by atoms with Gasteiger partial charge in [-0.05, 0) is 11.6 Å². The Hall–Kier alpha value is -1.65. The zero-order chi connectivity index (χ0) is 10.9. The van der Waals surface area contributed by atoms with E-state index in [0.717, 1.165) is 5.56 Å². The zero-order valence-electron chi connectivity index (χ0n) is 8.47. The normalized spacial score (nSPS) is 10.5. The maximum atomic E-state index is 11.1. The van der Waals surface area contributed by atoms with Crippen molar-refractivity contribution in [2.45, 2.75) is 0 Å². The Balaban J connectivity index is 2.34. The molecule has 0 bridgehead atoms. The van der Waals surface area contributed by atoms with Crippen molar-refractivity contribution in [2.24, 2.45) is 0 Å². The van der Waals surface area contributed by atoms with Gasteiger partial charge in [-0.3, -0.25) is 4.79 Å². The van der Waals surface area contributed by atoms with Crippen molar-refractivity contribution in [2.75, 3.05) is 13.9 Å². The van der Waals surface area contributed by atoms with Gasteiger partial charge >= 0.3 is 0 Å². The highest BCUT2D eigenvalue weighted by Gasteiger charge is 1.93. The van der Waals surface area contributed by atoms with E-state index < -0.39 is 0 Å². The van der Waals surface area contributed by atoms with Gasteiger partial charge in [-0.2, -0.15) is 0 Å². The number of nitrogens with one attached hydrogen (secondary N) is 1. The summed E-state index contributed by atoms with van der Waals surface area (Å²) in [6.07, 6.45) is 3.09. The summed E-state index contributed by atoms with van der Waals surface area (Å²) in [6, 6.07) is 9.52. The van der Waals surface area contributed by atoms with Gasteiger partial charge in [0.25, 0.3) is 5.91 Å². The molecule has 0 unspecified atom stereocenters. The van der Waals surface area contributed by atoms with Gasteiger partial charge in [-0.25, -0.2) is 10.3 Å². The van der Waals surface area contributed by atoms with Crippen LogP contribution in [0.15, 0.2) is 36.4 Å². The standard InChI is InChI=1S/C11H13NO3/c1-14-9-15-12-11(13)8-7-10-5-3-2-4-6-10/h2-8H,9H2,1H3,(H,12,13)/b8-7+. The van der Waals surface area contributed by atoms with Gasteiger partial charge in [0.1, 0.15) is 0 Å². The molecule has 0 spiro atoms. The highest BCUT2D eigenvalue weighted by Crippen LogP contribution is 2.00. The molecule has 1 aromatic rings. The number of carbonyl (C=O) groups excluding carboxylic acids is 1. The number of hydroxylamine groups is 1. The van der Waals surface area contributed by atoms with Gasteiger partial charge in [0.05, 0.1) is 0 Å². The second-order valence-electron chi connectivity index (χ2n) is 2.76. The van der Waals surface area contributed by atoms with E-state index in [2.05, 4.69) is 15.1 Å². The lowest BCUT2D eigenvalue weighted by Gasteiger charge is -2.00. The van der Waals surface area contributed by atoms with Crippen LogP contribution in [0, 0.1) is 0 Å². The Morgan fingerprint density at radius 2 is 2.13 bits per heavy atom. The molecule has 0 saturated heterocycles. The molecule has 1 amide bonds. The molecule has 1 N–H and O–H groups in total. The van der Waals surface area contributed by atoms with Crippen molar-refractivity contribution in [3.63, 3.8) is 0 Å². The van der Waals surface area contributed by atoms with Gasteiger partial charge in [-0.15, -0.1) is 0 Å². The Morgan fingerprint density at radius 1 is 1.40 bits per heavy atom. The van der Waals surface area contributed by atoms with Gasteiger partial charge < -0.3 is 4.74 Å². The van der Waals surface area contributed by atoms with E-state index >= 15 is 0 Å². The Labute approximate surface area is 88.5 Å². The summed E-state index contributed by atoms with van der Waals surface area (Å²) in [5.74, 6) is -0.323. The van der Waals surface area contributed by atoms with Crippen LogP contribution in [-0.2, 0) is 14.4 Å². The van der Waals surface area contributed by atoms with Gasteiger partial charge in [0.2, 0.25) is 0 Å². The van der Waals surface area contributed by atoms with Crippen LogP contribution in [0.25, 0.3) is 6.08 Å². The summed E-state index contributed by atoms with van der Waals surface area (Å²) in [4.78, 5) is 15.8. The van der Waals surface area contributed by atoms with Crippen LogP contribution in [0.1, 0.15) is 5.56 Å². The molecule has 0 aliphatic heterocycles. The van der Waals surface area contributed by atoms with Crippen molar-refractivity contribution in [1.82, 2.24) is 5.48 Å². The van der Waals surface area contributed by atoms with Crippen LogP contribution in [0.5, 0.6) is 0 Å². The van der Waals surface area contributed by atoms with E-state index in [0.29, 0.717) is 0 Å². The van der Waals surface area contributed by atoms with E-state index in [-0.39, 0.29) is 12.7 Å². The van der Waals surface area contributed by atoms with Gasteiger partial charge in [-0.1, -0.05) is 30.3 Å². The molecular weight excluding hydrogens is 194 g/mol. The fraction of sp³-hybridized carbons (Fsp3) is 0.182. The van der Waals surface area contributed by atoms with Crippen LogP contribution in [0.4, 0.5) is 0 Å². The minimum Gasteiger partial charge on any atom is -0.356 e. The first kappa shape index (κ1) is 11.4. The van der Waals surface area contributed by atoms with Crippen LogP contribution >= 0.6 is 0 Å². The fourth-order valence-electron chi connectivity index (χ4n) is 0.930. The van der Waals surface area contributed by atoms with Crippen molar-refractivity contribution in [3.05, 3.63) is 42.0 Å². The molecule has 4 heteroatoms. The average Bonchev–Trinajstić information content (AvgIpc) is 2.28. The molecule has 0 heterocycles. The number of rotatable bonds is 5. The number of hydrogen-bond acceptors (Lipinski definition) is 3. The zero-order valence-corrected chi connectivity index (χ0v) is 8.47. The monoisotopic (exact) mass is 207 g/mol. The molecule has 0 aliphatic carbocycles. The minimum absolute atomic E-state index is 0.0327. The predicted octanol–water partition coefficient (Wildman–Crippen LogP) is 1.35. The second kappa shape index (κ2) is 6.75. The lowest BCUT2D eigenvalue weighted by atomic mass is 10.2. The summed E-state index contributed by atoms with van der Waals surface area (Å²) in [5.41, 5.74) is 3.16. The molecule has 0 fully saturated rings. The van der Waals surface area contributed by atoms with E-state index in [4.69, 9.17) is 0 Å². The largest absolute Gasteiger partial charge is 0.356 e. The molecule has 0 aliphatic rings. The highest BCUT2D eigenvalue weighted by atomic mass is 16.8. The van der Waals surface area contributed by atoms with Crippen molar-refractivity contribution in [3.8, 4) is 0 Å². The molecule has 1 rings (SSSR count). The maximum Gasteiger partial charge on any atom is 0.267 e. The number of amides is 1. The molecular formula is C11H13NO3. The minimum atomic E-state index is -0.323. The van der Waals surface area contributed by atoms with Crippen LogP contribution in [0.2, 0.25) is 0 Å². The van der Waals surface area contributed by atoms with Gasteiger partial charge in [0, 0.05) is 13.2 Å². The number of benzene rings is 1. The third-order valence-electron chi connectivity index (χ3n) is 1.58. The number of hydrogen-bond donors (Lipinski definition) is 1. The molecule has 0 saturated carbocycles. The molecule has 4 nitrogen and oxygen atoms in total. The summed E-state index contributed by atoms with van der Waals surface area (Å²) < 4.78 is 4.59. The molecule has 1 aromatic carbocycles. The molecule has 0 atom stereocenters. The summed E-state index contributed by atoms with van der Waals surface area (Å²) in [6.45, 7) is 0.0327. The number of carbonyl (C=O) groups is 1. The molecule has 80 valence electrons. The predicted molar refractivity (Wildman–Crippen MR) is 56.6 cm³/mol. The topological polar surface area (TPSA) is 47.6 Å². The van der Waals surface area contributed by atoms with E-state index in [9.17, 15) is 4.79 Å².